The molecule has 0 fully saturated rings. The molecule has 18 heavy (non-hydrogen) atoms. The number of anilines is 1. The molecule has 2 aromatic rings. The Morgan fingerprint density at radius 1 is 1.39 bits per heavy atom. The van der Waals surface area contributed by atoms with Gasteiger partial charge < -0.3 is 4.90 Å². The smallest absolute Gasteiger partial charge is 0.212 e. The first-order valence-electron chi connectivity index (χ1n) is 5.42. The number of aryl methyl sites for hydroxylation is 1. The molecule has 0 N–H and O–H groups in total. The topological polar surface area (TPSA) is 33.2 Å². The molecule has 0 radical (unpaired) electrons. The predicted molar refractivity (Wildman–Crippen MR) is 71.0 cm³/mol. The van der Waals surface area contributed by atoms with Gasteiger partial charge in [-0.15, -0.1) is 11.3 Å². The van der Waals surface area contributed by atoms with Crippen LogP contribution in [0.15, 0.2) is 23.6 Å². The van der Waals surface area contributed by atoms with Crippen molar-refractivity contribution in [3.63, 3.8) is 0 Å². The van der Waals surface area contributed by atoms with Gasteiger partial charge in [-0.3, -0.25) is 4.79 Å². The lowest BCUT2D eigenvalue weighted by molar-refractivity contribution is 0.103. The third-order valence-corrected chi connectivity index (χ3v) is 3.54. The molecular formula is C13H13FN2OS. The van der Waals surface area contributed by atoms with E-state index in [1.807, 2.05) is 19.0 Å². The molecule has 0 aliphatic heterocycles. The van der Waals surface area contributed by atoms with E-state index in [2.05, 4.69) is 4.98 Å². The molecule has 94 valence electrons. The highest BCUT2D eigenvalue weighted by Crippen LogP contribution is 2.21. The molecule has 1 aromatic heterocycles. The number of ketones is 1. The minimum Gasteiger partial charge on any atom is -0.354 e. The highest BCUT2D eigenvalue weighted by atomic mass is 32.1. The Morgan fingerprint density at radius 2 is 2.11 bits per heavy atom. The van der Waals surface area contributed by atoms with E-state index in [0.29, 0.717) is 16.8 Å². The monoisotopic (exact) mass is 264 g/mol. The fourth-order valence-corrected chi connectivity index (χ4v) is 2.25. The summed E-state index contributed by atoms with van der Waals surface area (Å²) >= 11 is 1.41. The lowest BCUT2D eigenvalue weighted by atomic mass is 10.1. The van der Waals surface area contributed by atoms with Gasteiger partial charge in [0.2, 0.25) is 5.78 Å². The minimum atomic E-state index is -0.307. The Balaban J connectivity index is 2.32. The number of carbonyl (C=O) groups excluding carboxylic acids is 1. The van der Waals surface area contributed by atoms with Crippen molar-refractivity contribution in [1.82, 2.24) is 4.98 Å². The number of aromatic nitrogens is 1. The van der Waals surface area contributed by atoms with Crippen molar-refractivity contribution >= 4 is 22.3 Å². The molecule has 0 atom stereocenters. The second kappa shape index (κ2) is 4.86. The van der Waals surface area contributed by atoms with Gasteiger partial charge in [-0.25, -0.2) is 9.37 Å². The standard InChI is InChI=1S/C13H13FN2OS/c1-8-6-9(4-5-10(8)14)12(17)11-7-18-13(15-11)16(2)3/h4-7H,1-3H3. The molecule has 0 aliphatic carbocycles. The number of rotatable bonds is 3. The Bertz CT molecular complexity index is 592. The summed E-state index contributed by atoms with van der Waals surface area (Å²) in [7, 11) is 3.74. The number of nitrogens with zero attached hydrogens (tertiary/aromatic N) is 2. The van der Waals surface area contributed by atoms with Crippen LogP contribution in [-0.2, 0) is 0 Å². The van der Waals surface area contributed by atoms with Crippen LogP contribution in [0.5, 0.6) is 0 Å². The first-order valence-corrected chi connectivity index (χ1v) is 6.30. The van der Waals surface area contributed by atoms with Crippen molar-refractivity contribution in [2.45, 2.75) is 6.92 Å². The Morgan fingerprint density at radius 3 is 2.67 bits per heavy atom. The zero-order chi connectivity index (χ0) is 13.3. The van der Waals surface area contributed by atoms with Crippen molar-refractivity contribution < 1.29 is 9.18 Å². The predicted octanol–water partition coefficient (Wildman–Crippen LogP) is 2.89. The largest absolute Gasteiger partial charge is 0.354 e. The molecular weight excluding hydrogens is 251 g/mol. The molecule has 0 unspecified atom stereocenters. The fraction of sp³-hybridized carbons (Fsp3) is 0.231. The summed E-state index contributed by atoms with van der Waals surface area (Å²) in [6, 6.07) is 4.34. The minimum absolute atomic E-state index is 0.178. The van der Waals surface area contributed by atoms with Gasteiger partial charge >= 0.3 is 0 Å². The van der Waals surface area contributed by atoms with E-state index in [0.717, 1.165) is 5.13 Å². The summed E-state index contributed by atoms with van der Waals surface area (Å²) < 4.78 is 13.1. The average Bonchev–Trinajstić information content (AvgIpc) is 2.81. The number of halogens is 1. The number of thiazole rings is 1. The fourth-order valence-electron chi connectivity index (χ4n) is 1.51. The van der Waals surface area contributed by atoms with Crippen molar-refractivity contribution in [3.05, 3.63) is 46.2 Å². The highest BCUT2D eigenvalue weighted by molar-refractivity contribution is 7.13. The quantitative estimate of drug-likeness (QED) is 0.799. The SMILES string of the molecule is Cc1cc(C(=O)c2csc(N(C)C)n2)ccc1F. The number of hydrogen-bond donors (Lipinski definition) is 0. The molecule has 0 aliphatic rings. The van der Waals surface area contributed by atoms with Crippen molar-refractivity contribution in [3.8, 4) is 0 Å². The molecule has 0 spiro atoms. The van der Waals surface area contributed by atoms with Crippen LogP contribution in [0.2, 0.25) is 0 Å². The van der Waals surface area contributed by atoms with Gasteiger partial charge in [0.05, 0.1) is 0 Å². The Kier molecular flexibility index (Phi) is 3.43. The Labute approximate surface area is 109 Å². The average molecular weight is 264 g/mol. The van der Waals surface area contributed by atoms with Crippen LogP contribution in [-0.4, -0.2) is 24.9 Å². The van der Waals surface area contributed by atoms with Crippen LogP contribution >= 0.6 is 11.3 Å². The summed E-state index contributed by atoms with van der Waals surface area (Å²) in [4.78, 5) is 18.2. The summed E-state index contributed by atoms with van der Waals surface area (Å²) in [5, 5.41) is 2.49. The van der Waals surface area contributed by atoms with E-state index >= 15 is 0 Å². The molecule has 0 amide bonds. The zero-order valence-electron chi connectivity index (χ0n) is 10.4. The van der Waals surface area contributed by atoms with Crippen LogP contribution in [0, 0.1) is 12.7 Å². The summed E-state index contributed by atoms with van der Waals surface area (Å²) in [6.07, 6.45) is 0. The van der Waals surface area contributed by atoms with E-state index in [1.54, 1.807) is 18.4 Å². The molecule has 1 aromatic carbocycles. The Hall–Kier alpha value is -1.75. The van der Waals surface area contributed by atoms with Gasteiger partial charge in [0.25, 0.3) is 0 Å². The second-order valence-corrected chi connectivity index (χ2v) is 5.04. The third kappa shape index (κ3) is 2.41. The van der Waals surface area contributed by atoms with E-state index in [9.17, 15) is 9.18 Å². The van der Waals surface area contributed by atoms with Gasteiger partial charge in [-0.1, -0.05) is 0 Å². The molecule has 5 heteroatoms. The maximum absolute atomic E-state index is 13.1. The van der Waals surface area contributed by atoms with Gasteiger partial charge in [0.1, 0.15) is 11.5 Å². The zero-order valence-corrected chi connectivity index (χ0v) is 11.2. The van der Waals surface area contributed by atoms with Crippen LogP contribution in [0.4, 0.5) is 9.52 Å². The van der Waals surface area contributed by atoms with Gasteiger partial charge in [0.15, 0.2) is 5.13 Å². The van der Waals surface area contributed by atoms with Gasteiger partial charge in [-0.2, -0.15) is 0 Å². The molecule has 0 saturated heterocycles. The first-order chi connectivity index (χ1) is 8.49. The van der Waals surface area contributed by atoms with E-state index in [1.165, 1.54) is 23.5 Å². The van der Waals surface area contributed by atoms with Crippen LogP contribution in [0.3, 0.4) is 0 Å². The second-order valence-electron chi connectivity index (χ2n) is 4.20. The molecule has 0 bridgehead atoms. The van der Waals surface area contributed by atoms with Crippen molar-refractivity contribution in [1.29, 1.82) is 0 Å². The summed E-state index contributed by atoms with van der Waals surface area (Å²) in [5.74, 6) is -0.485. The number of carbonyl (C=O) groups is 1. The van der Waals surface area contributed by atoms with E-state index in [-0.39, 0.29) is 11.6 Å². The summed E-state index contributed by atoms with van der Waals surface area (Å²) in [5.41, 5.74) is 1.32. The van der Waals surface area contributed by atoms with Crippen LogP contribution in [0.1, 0.15) is 21.6 Å². The number of hydrogen-bond acceptors (Lipinski definition) is 4. The molecule has 1 heterocycles. The highest BCUT2D eigenvalue weighted by Gasteiger charge is 2.14. The lowest BCUT2D eigenvalue weighted by Crippen LogP contribution is -2.09. The summed E-state index contributed by atoms with van der Waals surface area (Å²) in [6.45, 7) is 1.64. The van der Waals surface area contributed by atoms with Crippen LogP contribution < -0.4 is 4.90 Å². The first kappa shape index (κ1) is 12.7. The van der Waals surface area contributed by atoms with Crippen LogP contribution in [0.25, 0.3) is 0 Å². The number of benzene rings is 1. The van der Waals surface area contributed by atoms with E-state index in [4.69, 9.17) is 0 Å². The van der Waals surface area contributed by atoms with Gasteiger partial charge in [-0.05, 0) is 30.7 Å². The molecule has 0 saturated carbocycles. The van der Waals surface area contributed by atoms with Crippen molar-refractivity contribution in [2.75, 3.05) is 19.0 Å². The van der Waals surface area contributed by atoms with Crippen molar-refractivity contribution in [2.24, 2.45) is 0 Å². The molecule has 2 rings (SSSR count). The van der Waals surface area contributed by atoms with E-state index < -0.39 is 0 Å². The molecule has 3 nitrogen and oxygen atoms in total. The maximum atomic E-state index is 13.1. The maximum Gasteiger partial charge on any atom is 0.212 e. The van der Waals surface area contributed by atoms with Gasteiger partial charge in [0, 0.05) is 25.0 Å². The third-order valence-electron chi connectivity index (χ3n) is 2.53. The lowest BCUT2D eigenvalue weighted by Gasteiger charge is -2.05. The normalized spacial score (nSPS) is 10.4.